The van der Waals surface area contributed by atoms with E-state index in [-0.39, 0.29) is 6.04 Å². The molecule has 0 bridgehead atoms. The molecule has 0 spiro atoms. The monoisotopic (exact) mass is 222 g/mol. The third kappa shape index (κ3) is 3.77. The van der Waals surface area contributed by atoms with E-state index in [2.05, 4.69) is 18.3 Å². The van der Waals surface area contributed by atoms with Gasteiger partial charge in [0.25, 0.3) is 0 Å². The van der Waals surface area contributed by atoms with Crippen LogP contribution in [0.3, 0.4) is 0 Å². The van der Waals surface area contributed by atoms with Crippen LogP contribution in [-0.4, -0.2) is 24.8 Å². The maximum Gasteiger partial charge on any atom is 0.119 e. The van der Waals surface area contributed by atoms with Gasteiger partial charge in [-0.15, -0.1) is 0 Å². The lowest BCUT2D eigenvalue weighted by atomic mass is 9.89. The van der Waals surface area contributed by atoms with Crippen molar-refractivity contribution >= 4 is 0 Å². The number of rotatable bonds is 5. The SMILES string of the molecule is CC1CCCC(OCC(C#N)NC2CC2)C1. The molecule has 2 rings (SSSR count). The highest BCUT2D eigenvalue weighted by Gasteiger charge is 2.26. The summed E-state index contributed by atoms with van der Waals surface area (Å²) in [6, 6.07) is 2.76. The molecule has 2 saturated carbocycles. The van der Waals surface area contributed by atoms with E-state index in [4.69, 9.17) is 10.00 Å². The van der Waals surface area contributed by atoms with Crippen LogP contribution in [0, 0.1) is 17.2 Å². The molecule has 0 aliphatic heterocycles. The molecule has 2 aliphatic rings. The predicted molar refractivity (Wildman–Crippen MR) is 62.9 cm³/mol. The average Bonchev–Trinajstić information content (AvgIpc) is 3.08. The van der Waals surface area contributed by atoms with E-state index in [0.717, 1.165) is 5.92 Å². The van der Waals surface area contributed by atoms with Crippen molar-refractivity contribution in [2.45, 2.75) is 63.6 Å². The van der Waals surface area contributed by atoms with Crippen LogP contribution in [-0.2, 0) is 4.74 Å². The fourth-order valence-corrected chi connectivity index (χ4v) is 2.42. The molecular weight excluding hydrogens is 200 g/mol. The van der Waals surface area contributed by atoms with Gasteiger partial charge in [0, 0.05) is 6.04 Å². The van der Waals surface area contributed by atoms with Crippen LogP contribution in [0.25, 0.3) is 0 Å². The van der Waals surface area contributed by atoms with E-state index in [9.17, 15) is 0 Å². The summed E-state index contributed by atoms with van der Waals surface area (Å²) in [5.41, 5.74) is 0. The van der Waals surface area contributed by atoms with Crippen molar-refractivity contribution < 1.29 is 4.74 Å². The van der Waals surface area contributed by atoms with Gasteiger partial charge >= 0.3 is 0 Å². The lowest BCUT2D eigenvalue weighted by Gasteiger charge is -2.27. The number of nitriles is 1. The third-order valence-corrected chi connectivity index (χ3v) is 3.56. The number of hydrogen-bond donors (Lipinski definition) is 1. The molecule has 0 radical (unpaired) electrons. The average molecular weight is 222 g/mol. The molecule has 90 valence electrons. The van der Waals surface area contributed by atoms with Crippen LogP contribution in [0.15, 0.2) is 0 Å². The van der Waals surface area contributed by atoms with Crippen LogP contribution in [0.5, 0.6) is 0 Å². The first-order valence-electron chi connectivity index (χ1n) is 6.55. The first-order chi connectivity index (χ1) is 7.78. The van der Waals surface area contributed by atoms with Crippen molar-refractivity contribution in [3.05, 3.63) is 0 Å². The lowest BCUT2D eigenvalue weighted by molar-refractivity contribution is 0.0102. The highest BCUT2D eigenvalue weighted by molar-refractivity contribution is 4.95. The summed E-state index contributed by atoms with van der Waals surface area (Å²) < 4.78 is 5.85. The van der Waals surface area contributed by atoms with Gasteiger partial charge in [0.1, 0.15) is 6.04 Å². The largest absolute Gasteiger partial charge is 0.375 e. The number of nitrogens with one attached hydrogen (secondary N) is 1. The molecule has 3 heteroatoms. The Morgan fingerprint density at radius 1 is 1.38 bits per heavy atom. The van der Waals surface area contributed by atoms with Crippen LogP contribution < -0.4 is 5.32 Å². The second-order valence-electron chi connectivity index (χ2n) is 5.35. The topological polar surface area (TPSA) is 45.0 Å². The van der Waals surface area contributed by atoms with Gasteiger partial charge in [-0.25, -0.2) is 0 Å². The van der Waals surface area contributed by atoms with Crippen molar-refractivity contribution in [3.8, 4) is 6.07 Å². The van der Waals surface area contributed by atoms with Gasteiger partial charge < -0.3 is 4.74 Å². The van der Waals surface area contributed by atoms with Gasteiger partial charge in [-0.1, -0.05) is 19.8 Å². The molecule has 16 heavy (non-hydrogen) atoms. The summed E-state index contributed by atoms with van der Waals surface area (Å²) >= 11 is 0. The highest BCUT2D eigenvalue weighted by atomic mass is 16.5. The van der Waals surface area contributed by atoms with E-state index in [1.165, 1.54) is 38.5 Å². The van der Waals surface area contributed by atoms with Gasteiger partial charge in [-0.3, -0.25) is 5.32 Å². The normalized spacial score (nSPS) is 32.0. The molecule has 0 aromatic carbocycles. The fourth-order valence-electron chi connectivity index (χ4n) is 2.42. The smallest absolute Gasteiger partial charge is 0.119 e. The summed E-state index contributed by atoms with van der Waals surface area (Å²) in [7, 11) is 0. The Bertz CT molecular complexity index is 257. The van der Waals surface area contributed by atoms with Gasteiger partial charge in [-0.2, -0.15) is 5.26 Å². The Kier molecular flexibility index (Phi) is 4.20. The zero-order chi connectivity index (χ0) is 11.4. The maximum absolute atomic E-state index is 8.99. The van der Waals surface area contributed by atoms with Crippen LogP contribution in [0.2, 0.25) is 0 Å². The van der Waals surface area contributed by atoms with Crippen LogP contribution in [0.4, 0.5) is 0 Å². The molecule has 0 amide bonds. The molecule has 3 nitrogen and oxygen atoms in total. The molecule has 0 aromatic heterocycles. The Balaban J connectivity index is 1.66. The molecule has 0 aromatic rings. The number of ether oxygens (including phenoxy) is 1. The summed E-state index contributed by atoms with van der Waals surface area (Å²) in [4.78, 5) is 0. The zero-order valence-corrected chi connectivity index (χ0v) is 10.1. The van der Waals surface area contributed by atoms with Crippen molar-refractivity contribution in [2.24, 2.45) is 5.92 Å². The quantitative estimate of drug-likeness (QED) is 0.775. The fraction of sp³-hybridized carbons (Fsp3) is 0.923. The van der Waals surface area contributed by atoms with E-state index < -0.39 is 0 Å². The third-order valence-electron chi connectivity index (χ3n) is 3.56. The Labute approximate surface area is 98.2 Å². The predicted octanol–water partition coefficient (Wildman–Crippen LogP) is 2.23. The summed E-state index contributed by atoms with van der Waals surface area (Å²) in [6.45, 7) is 2.85. The molecule has 1 N–H and O–H groups in total. The Morgan fingerprint density at radius 2 is 2.19 bits per heavy atom. The van der Waals surface area contributed by atoms with Gasteiger partial charge in [0.2, 0.25) is 0 Å². The molecule has 0 saturated heterocycles. The van der Waals surface area contributed by atoms with Gasteiger partial charge in [-0.05, 0) is 31.6 Å². The lowest BCUT2D eigenvalue weighted by Crippen LogP contribution is -2.36. The first-order valence-corrected chi connectivity index (χ1v) is 6.55. The molecule has 2 fully saturated rings. The molecule has 2 aliphatic carbocycles. The minimum Gasteiger partial charge on any atom is -0.375 e. The zero-order valence-electron chi connectivity index (χ0n) is 10.1. The second kappa shape index (κ2) is 5.65. The first kappa shape index (κ1) is 11.9. The van der Waals surface area contributed by atoms with E-state index in [1.54, 1.807) is 0 Å². The molecule has 3 atom stereocenters. The van der Waals surface area contributed by atoms with Crippen molar-refractivity contribution in [3.63, 3.8) is 0 Å². The molecule has 3 unspecified atom stereocenters. The minimum absolute atomic E-state index is 0.107. The van der Waals surface area contributed by atoms with E-state index in [0.29, 0.717) is 18.8 Å². The molecular formula is C13H22N2O. The van der Waals surface area contributed by atoms with Crippen LogP contribution >= 0.6 is 0 Å². The Morgan fingerprint density at radius 3 is 2.81 bits per heavy atom. The minimum atomic E-state index is -0.107. The van der Waals surface area contributed by atoms with E-state index in [1.807, 2.05) is 0 Å². The number of hydrogen-bond acceptors (Lipinski definition) is 3. The highest BCUT2D eigenvalue weighted by Crippen LogP contribution is 2.26. The summed E-state index contributed by atoms with van der Waals surface area (Å²) in [6.07, 6.45) is 7.78. The summed E-state index contributed by atoms with van der Waals surface area (Å²) in [5, 5.41) is 12.3. The Hall–Kier alpha value is -0.590. The van der Waals surface area contributed by atoms with Crippen molar-refractivity contribution in [1.29, 1.82) is 5.26 Å². The maximum atomic E-state index is 8.99. The standard InChI is InChI=1S/C13H22N2O/c1-10-3-2-4-13(7-10)16-9-12(8-14)15-11-5-6-11/h10-13,15H,2-7,9H2,1H3. The number of nitrogens with zero attached hydrogens (tertiary/aromatic N) is 1. The van der Waals surface area contributed by atoms with Gasteiger partial charge in [0.05, 0.1) is 18.8 Å². The van der Waals surface area contributed by atoms with Crippen LogP contribution in [0.1, 0.15) is 45.4 Å². The second-order valence-corrected chi connectivity index (χ2v) is 5.35. The van der Waals surface area contributed by atoms with Gasteiger partial charge in [0.15, 0.2) is 0 Å². The molecule has 0 heterocycles. The van der Waals surface area contributed by atoms with E-state index >= 15 is 0 Å². The summed E-state index contributed by atoms with van der Waals surface area (Å²) in [5.74, 6) is 0.788. The van der Waals surface area contributed by atoms with Crippen molar-refractivity contribution in [1.82, 2.24) is 5.32 Å². The van der Waals surface area contributed by atoms with Crippen molar-refractivity contribution in [2.75, 3.05) is 6.61 Å².